The number of benzene rings is 1. The van der Waals surface area contributed by atoms with E-state index in [-0.39, 0.29) is 0 Å². The van der Waals surface area contributed by atoms with Gasteiger partial charge in [0.1, 0.15) is 0 Å². The van der Waals surface area contributed by atoms with Gasteiger partial charge < -0.3 is 0 Å². The summed E-state index contributed by atoms with van der Waals surface area (Å²) < 4.78 is 0.943. The van der Waals surface area contributed by atoms with E-state index in [0.29, 0.717) is 0 Å². The second kappa shape index (κ2) is 3.74. The van der Waals surface area contributed by atoms with Crippen molar-refractivity contribution in [2.24, 2.45) is 0 Å². The Balaban J connectivity index is 3.04. The van der Waals surface area contributed by atoms with Crippen LogP contribution in [0.5, 0.6) is 0 Å². The zero-order valence-corrected chi connectivity index (χ0v) is 9.00. The Hall–Kier alpha value is 0.470. The Labute approximate surface area is 81.8 Å². The molecular formula is C7H5Br2Cl. The summed E-state index contributed by atoms with van der Waals surface area (Å²) in [6, 6.07) is 5.89. The van der Waals surface area contributed by atoms with Crippen molar-refractivity contribution in [2.75, 3.05) is 0 Å². The van der Waals surface area contributed by atoms with Crippen molar-refractivity contribution in [1.29, 1.82) is 0 Å². The molecule has 0 aliphatic carbocycles. The number of hydrogen-bond donors (Lipinski definition) is 0. The van der Waals surface area contributed by atoms with Crippen molar-refractivity contribution in [3.05, 3.63) is 33.3 Å². The van der Waals surface area contributed by atoms with Crippen molar-refractivity contribution in [2.45, 2.75) is 5.33 Å². The Kier molecular flexibility index (Phi) is 3.21. The Morgan fingerprint density at radius 1 is 1.40 bits per heavy atom. The van der Waals surface area contributed by atoms with Crippen molar-refractivity contribution in [3.8, 4) is 0 Å². The summed E-state index contributed by atoms with van der Waals surface area (Å²) in [5.74, 6) is 0. The summed E-state index contributed by atoms with van der Waals surface area (Å²) in [6.07, 6.45) is 0. The minimum absolute atomic E-state index is 0.761. The first kappa shape index (κ1) is 8.57. The standard InChI is InChI=1S/C7H5Br2Cl/c8-4-5-1-2-6(9)7(10)3-5/h1-3H,4H2. The first-order valence-corrected chi connectivity index (χ1v) is 5.03. The van der Waals surface area contributed by atoms with Gasteiger partial charge in [-0.2, -0.15) is 0 Å². The van der Waals surface area contributed by atoms with E-state index in [2.05, 4.69) is 31.9 Å². The molecule has 0 heterocycles. The summed E-state index contributed by atoms with van der Waals surface area (Å²) in [7, 11) is 0. The molecule has 0 radical (unpaired) electrons. The first-order valence-electron chi connectivity index (χ1n) is 2.74. The molecule has 3 heteroatoms. The highest BCUT2D eigenvalue weighted by atomic mass is 79.9. The topological polar surface area (TPSA) is 0 Å². The van der Waals surface area contributed by atoms with Gasteiger partial charge in [-0.1, -0.05) is 33.6 Å². The Morgan fingerprint density at radius 3 is 2.60 bits per heavy atom. The van der Waals surface area contributed by atoms with Gasteiger partial charge in [0.15, 0.2) is 0 Å². The van der Waals surface area contributed by atoms with E-state index in [1.54, 1.807) is 0 Å². The van der Waals surface area contributed by atoms with Crippen LogP contribution in [-0.4, -0.2) is 0 Å². The molecular weight excluding hydrogens is 279 g/mol. The maximum Gasteiger partial charge on any atom is 0.0551 e. The van der Waals surface area contributed by atoms with E-state index < -0.39 is 0 Å². The fourth-order valence-corrected chi connectivity index (χ4v) is 1.42. The predicted octanol–water partition coefficient (Wildman–Crippen LogP) is 4.00. The summed E-state index contributed by atoms with van der Waals surface area (Å²) >= 11 is 12.5. The molecule has 0 N–H and O–H groups in total. The van der Waals surface area contributed by atoms with Crippen LogP contribution in [0.25, 0.3) is 0 Å². The molecule has 0 nitrogen and oxygen atoms in total. The highest BCUT2D eigenvalue weighted by Crippen LogP contribution is 2.23. The van der Waals surface area contributed by atoms with Gasteiger partial charge in [-0.3, -0.25) is 0 Å². The molecule has 0 saturated carbocycles. The smallest absolute Gasteiger partial charge is 0.0551 e. The molecule has 0 bridgehead atoms. The SMILES string of the molecule is Clc1cc(CBr)ccc1Br. The quantitative estimate of drug-likeness (QED) is 0.684. The first-order chi connectivity index (χ1) is 4.74. The maximum atomic E-state index is 5.82. The molecule has 0 aliphatic heterocycles. The summed E-state index contributed by atoms with van der Waals surface area (Å²) in [5.41, 5.74) is 1.19. The molecule has 0 atom stereocenters. The van der Waals surface area contributed by atoms with Crippen molar-refractivity contribution in [3.63, 3.8) is 0 Å². The molecule has 54 valence electrons. The number of rotatable bonds is 1. The molecule has 0 aliphatic rings. The van der Waals surface area contributed by atoms with Crippen LogP contribution < -0.4 is 0 Å². The second-order valence-corrected chi connectivity index (χ2v) is 3.70. The van der Waals surface area contributed by atoms with Crippen molar-refractivity contribution >= 4 is 43.5 Å². The van der Waals surface area contributed by atoms with Crippen LogP contribution in [0.3, 0.4) is 0 Å². The molecule has 1 aromatic carbocycles. The molecule has 0 unspecified atom stereocenters. The fraction of sp³-hybridized carbons (Fsp3) is 0.143. The predicted molar refractivity (Wildman–Crippen MR) is 51.8 cm³/mol. The minimum Gasteiger partial charge on any atom is -0.0876 e. The van der Waals surface area contributed by atoms with Crippen LogP contribution >= 0.6 is 43.5 Å². The van der Waals surface area contributed by atoms with Crippen LogP contribution in [0.1, 0.15) is 5.56 Å². The zero-order chi connectivity index (χ0) is 7.56. The molecule has 0 amide bonds. The van der Waals surface area contributed by atoms with Gasteiger partial charge in [0.05, 0.1) is 5.02 Å². The van der Waals surface area contributed by atoms with Crippen LogP contribution in [0, 0.1) is 0 Å². The van der Waals surface area contributed by atoms with Crippen LogP contribution in [0.2, 0.25) is 5.02 Å². The van der Waals surface area contributed by atoms with Gasteiger partial charge in [-0.15, -0.1) is 0 Å². The van der Waals surface area contributed by atoms with Gasteiger partial charge in [0.25, 0.3) is 0 Å². The van der Waals surface area contributed by atoms with E-state index in [1.165, 1.54) is 5.56 Å². The van der Waals surface area contributed by atoms with Crippen LogP contribution in [-0.2, 0) is 5.33 Å². The monoisotopic (exact) mass is 282 g/mol. The number of halogens is 3. The van der Waals surface area contributed by atoms with E-state index >= 15 is 0 Å². The number of alkyl halides is 1. The average Bonchev–Trinajstić information content (AvgIpc) is 1.95. The van der Waals surface area contributed by atoms with Gasteiger partial charge in [-0.25, -0.2) is 0 Å². The van der Waals surface area contributed by atoms with Crippen molar-refractivity contribution < 1.29 is 0 Å². The lowest BCUT2D eigenvalue weighted by atomic mass is 10.2. The van der Waals surface area contributed by atoms with E-state index in [4.69, 9.17) is 11.6 Å². The third-order valence-electron chi connectivity index (χ3n) is 1.14. The molecule has 0 fully saturated rings. The molecule has 10 heavy (non-hydrogen) atoms. The molecule has 1 aromatic rings. The van der Waals surface area contributed by atoms with E-state index in [0.717, 1.165) is 14.8 Å². The third kappa shape index (κ3) is 1.97. The zero-order valence-electron chi connectivity index (χ0n) is 5.07. The van der Waals surface area contributed by atoms with E-state index in [9.17, 15) is 0 Å². The normalized spacial score (nSPS) is 9.90. The second-order valence-electron chi connectivity index (χ2n) is 1.88. The molecule has 0 saturated heterocycles. The maximum absolute atomic E-state index is 5.82. The summed E-state index contributed by atoms with van der Waals surface area (Å²) in [4.78, 5) is 0. The Bertz CT molecular complexity index is 235. The number of hydrogen-bond acceptors (Lipinski definition) is 0. The highest BCUT2D eigenvalue weighted by Gasteiger charge is 1.96. The lowest BCUT2D eigenvalue weighted by Gasteiger charge is -1.97. The highest BCUT2D eigenvalue weighted by molar-refractivity contribution is 9.10. The van der Waals surface area contributed by atoms with Crippen LogP contribution in [0.15, 0.2) is 22.7 Å². The molecule has 0 spiro atoms. The van der Waals surface area contributed by atoms with E-state index in [1.807, 2.05) is 18.2 Å². The third-order valence-corrected chi connectivity index (χ3v) is 3.02. The molecule has 1 rings (SSSR count). The molecule has 0 aromatic heterocycles. The average molecular weight is 284 g/mol. The van der Waals surface area contributed by atoms with Crippen LogP contribution in [0.4, 0.5) is 0 Å². The summed E-state index contributed by atoms with van der Waals surface area (Å²) in [5, 5.41) is 1.61. The van der Waals surface area contributed by atoms with Gasteiger partial charge >= 0.3 is 0 Å². The lowest BCUT2D eigenvalue weighted by molar-refractivity contribution is 1.43. The van der Waals surface area contributed by atoms with Gasteiger partial charge in [0, 0.05) is 9.80 Å². The van der Waals surface area contributed by atoms with Crippen molar-refractivity contribution in [1.82, 2.24) is 0 Å². The minimum atomic E-state index is 0.761. The lowest BCUT2D eigenvalue weighted by Crippen LogP contribution is -1.76. The largest absolute Gasteiger partial charge is 0.0876 e. The Morgan fingerprint density at radius 2 is 2.10 bits per heavy atom. The summed E-state index contributed by atoms with van der Waals surface area (Å²) in [6.45, 7) is 0. The van der Waals surface area contributed by atoms with Gasteiger partial charge in [-0.05, 0) is 33.6 Å². The van der Waals surface area contributed by atoms with Gasteiger partial charge in [0.2, 0.25) is 0 Å². The fourth-order valence-electron chi connectivity index (χ4n) is 0.623.